The fourth-order valence-corrected chi connectivity index (χ4v) is 1.94. The number of carbonyl (C=O) groups is 1. The van der Waals surface area contributed by atoms with Gasteiger partial charge in [0, 0.05) is 18.9 Å². The third kappa shape index (κ3) is 3.66. The van der Waals surface area contributed by atoms with Gasteiger partial charge in [-0.3, -0.25) is 4.79 Å². The normalized spacial score (nSPS) is 11.2. The number of rotatable bonds is 4. The van der Waals surface area contributed by atoms with E-state index in [1.807, 2.05) is 30.3 Å². The van der Waals surface area contributed by atoms with E-state index < -0.39 is 11.8 Å². The Morgan fingerprint density at radius 2 is 1.65 bits per heavy atom. The Balaban J connectivity index is 2.15. The Bertz CT molecular complexity index is 573. The summed E-state index contributed by atoms with van der Waals surface area (Å²) in [6.07, 6.45) is 0.0841. The first-order chi connectivity index (χ1) is 9.47. The molecule has 2 aromatic carbocycles. The summed E-state index contributed by atoms with van der Waals surface area (Å²) in [6, 6.07) is 15.3. The summed E-state index contributed by atoms with van der Waals surface area (Å²) in [5, 5.41) is 20.3. The lowest BCUT2D eigenvalue weighted by Crippen LogP contribution is -2.27. The van der Waals surface area contributed by atoms with Gasteiger partial charge in [0.15, 0.2) is 5.79 Å². The molecule has 0 aliphatic heterocycles. The molecule has 0 saturated carbocycles. The molecule has 0 aliphatic rings. The largest absolute Gasteiger partial charge is 0.427 e. The van der Waals surface area contributed by atoms with Gasteiger partial charge in [0.25, 0.3) is 0 Å². The Kier molecular flexibility index (Phi) is 4.17. The number of hydrogen-bond acceptors (Lipinski definition) is 4. The van der Waals surface area contributed by atoms with Gasteiger partial charge < -0.3 is 14.9 Å². The molecule has 2 aromatic rings. The first-order valence-corrected chi connectivity index (χ1v) is 6.25. The summed E-state index contributed by atoms with van der Waals surface area (Å²) in [4.78, 5) is 10.8. The van der Waals surface area contributed by atoms with Crippen LogP contribution in [0.1, 0.15) is 18.1 Å². The van der Waals surface area contributed by atoms with Gasteiger partial charge in [-0.05, 0) is 29.8 Å². The van der Waals surface area contributed by atoms with Crippen LogP contribution in [-0.2, 0) is 17.0 Å². The van der Waals surface area contributed by atoms with Crippen molar-refractivity contribution in [3.05, 3.63) is 65.7 Å². The number of benzene rings is 2. The van der Waals surface area contributed by atoms with Crippen LogP contribution in [0.4, 0.5) is 0 Å². The van der Waals surface area contributed by atoms with Crippen molar-refractivity contribution in [2.75, 3.05) is 0 Å². The number of hydrogen-bond donors (Lipinski definition) is 2. The highest BCUT2D eigenvalue weighted by atomic mass is 16.5. The zero-order chi connectivity index (χ0) is 14.6. The van der Waals surface area contributed by atoms with Crippen molar-refractivity contribution in [2.45, 2.75) is 19.1 Å². The smallest absolute Gasteiger partial charge is 0.308 e. The fraction of sp³-hybridized carbons (Fsp3) is 0.188. The minimum atomic E-state index is -1.96. The van der Waals surface area contributed by atoms with Gasteiger partial charge in [-0.15, -0.1) is 0 Å². The van der Waals surface area contributed by atoms with Gasteiger partial charge in [0.05, 0.1) is 0 Å². The van der Waals surface area contributed by atoms with Crippen LogP contribution in [0.5, 0.6) is 5.75 Å². The van der Waals surface area contributed by atoms with Crippen LogP contribution in [0.15, 0.2) is 54.6 Å². The topological polar surface area (TPSA) is 66.8 Å². The summed E-state index contributed by atoms with van der Waals surface area (Å²) in [5.41, 5.74) is 1.17. The predicted octanol–water partition coefficient (Wildman–Crippen LogP) is 1.99. The Morgan fingerprint density at radius 3 is 2.20 bits per heavy atom. The average Bonchev–Trinajstić information content (AvgIpc) is 2.39. The molecule has 0 saturated heterocycles. The molecular formula is C16H16O4. The number of aliphatic hydroxyl groups is 2. The summed E-state index contributed by atoms with van der Waals surface area (Å²) in [7, 11) is 0. The lowest BCUT2D eigenvalue weighted by molar-refractivity contribution is -0.168. The molecule has 104 valence electrons. The second-order valence-corrected chi connectivity index (χ2v) is 4.60. The van der Waals surface area contributed by atoms with E-state index in [4.69, 9.17) is 4.74 Å². The lowest BCUT2D eigenvalue weighted by Gasteiger charge is -2.22. The standard InChI is InChI=1S/C16H16O4/c1-12(17)20-15-9-7-14(8-10-15)16(18,19)11-13-5-3-2-4-6-13/h2-10,18-19H,11H2,1H3. The molecule has 0 unspecified atom stereocenters. The molecule has 4 heteroatoms. The SMILES string of the molecule is CC(=O)Oc1ccc(C(O)(O)Cc2ccccc2)cc1. The number of esters is 1. The first kappa shape index (κ1) is 14.2. The van der Waals surface area contributed by atoms with Crippen molar-refractivity contribution >= 4 is 5.97 Å². The van der Waals surface area contributed by atoms with Crippen molar-refractivity contribution in [2.24, 2.45) is 0 Å². The lowest BCUT2D eigenvalue weighted by atomic mass is 9.98. The highest BCUT2D eigenvalue weighted by molar-refractivity contribution is 5.69. The summed E-state index contributed by atoms with van der Waals surface area (Å²) in [6.45, 7) is 1.31. The monoisotopic (exact) mass is 272 g/mol. The summed E-state index contributed by atoms with van der Waals surface area (Å²) >= 11 is 0. The number of carbonyl (C=O) groups excluding carboxylic acids is 1. The minimum Gasteiger partial charge on any atom is -0.427 e. The molecule has 4 nitrogen and oxygen atoms in total. The maximum absolute atomic E-state index is 10.8. The van der Waals surface area contributed by atoms with E-state index in [-0.39, 0.29) is 6.42 Å². The van der Waals surface area contributed by atoms with Crippen molar-refractivity contribution in [1.29, 1.82) is 0 Å². The maximum atomic E-state index is 10.8. The zero-order valence-corrected chi connectivity index (χ0v) is 11.1. The molecule has 2 N–H and O–H groups in total. The van der Waals surface area contributed by atoms with Crippen LogP contribution in [0.2, 0.25) is 0 Å². The molecular weight excluding hydrogens is 256 g/mol. The molecule has 0 aliphatic carbocycles. The molecule has 0 radical (unpaired) electrons. The van der Waals surface area contributed by atoms with Gasteiger partial charge in [-0.25, -0.2) is 0 Å². The van der Waals surface area contributed by atoms with Crippen molar-refractivity contribution in [1.82, 2.24) is 0 Å². The molecule has 0 spiro atoms. The van der Waals surface area contributed by atoms with Gasteiger partial charge in [-0.1, -0.05) is 30.3 Å². The third-order valence-electron chi connectivity index (χ3n) is 2.87. The Morgan fingerprint density at radius 1 is 1.05 bits per heavy atom. The van der Waals surface area contributed by atoms with Crippen molar-refractivity contribution in [3.8, 4) is 5.75 Å². The molecule has 0 fully saturated rings. The molecule has 0 amide bonds. The summed E-state index contributed by atoms with van der Waals surface area (Å²) in [5.74, 6) is -2.01. The van der Waals surface area contributed by atoms with Gasteiger partial charge >= 0.3 is 5.97 Å². The van der Waals surface area contributed by atoms with E-state index in [1.54, 1.807) is 0 Å². The second-order valence-electron chi connectivity index (χ2n) is 4.60. The minimum absolute atomic E-state index is 0.0841. The quantitative estimate of drug-likeness (QED) is 0.507. The van der Waals surface area contributed by atoms with Gasteiger partial charge in [0.1, 0.15) is 5.75 Å². The maximum Gasteiger partial charge on any atom is 0.308 e. The Hall–Kier alpha value is -2.17. The van der Waals surface area contributed by atoms with Crippen molar-refractivity contribution < 1.29 is 19.7 Å². The van der Waals surface area contributed by atoms with E-state index in [0.717, 1.165) is 5.56 Å². The van der Waals surface area contributed by atoms with E-state index in [9.17, 15) is 15.0 Å². The highest BCUT2D eigenvalue weighted by Gasteiger charge is 2.26. The van der Waals surface area contributed by atoms with E-state index in [0.29, 0.717) is 11.3 Å². The second kappa shape index (κ2) is 5.86. The summed E-state index contributed by atoms with van der Waals surface area (Å²) < 4.78 is 4.90. The molecule has 0 atom stereocenters. The molecule has 0 bridgehead atoms. The number of ether oxygens (including phenoxy) is 1. The third-order valence-corrected chi connectivity index (χ3v) is 2.87. The van der Waals surface area contributed by atoms with E-state index in [1.165, 1.54) is 31.2 Å². The highest BCUT2D eigenvalue weighted by Crippen LogP contribution is 2.25. The van der Waals surface area contributed by atoms with E-state index in [2.05, 4.69) is 0 Å². The Labute approximate surface area is 117 Å². The molecule has 20 heavy (non-hydrogen) atoms. The van der Waals surface area contributed by atoms with Crippen molar-refractivity contribution in [3.63, 3.8) is 0 Å². The first-order valence-electron chi connectivity index (χ1n) is 6.25. The van der Waals surface area contributed by atoms with Gasteiger partial charge in [-0.2, -0.15) is 0 Å². The van der Waals surface area contributed by atoms with Crippen LogP contribution in [0.25, 0.3) is 0 Å². The van der Waals surface area contributed by atoms with Crippen LogP contribution in [-0.4, -0.2) is 16.2 Å². The van der Waals surface area contributed by atoms with Crippen LogP contribution in [0, 0.1) is 0 Å². The van der Waals surface area contributed by atoms with Crippen LogP contribution < -0.4 is 4.74 Å². The predicted molar refractivity (Wildman–Crippen MR) is 74.0 cm³/mol. The van der Waals surface area contributed by atoms with Crippen LogP contribution >= 0.6 is 0 Å². The van der Waals surface area contributed by atoms with Crippen LogP contribution in [0.3, 0.4) is 0 Å². The molecule has 0 aromatic heterocycles. The average molecular weight is 272 g/mol. The van der Waals surface area contributed by atoms with Gasteiger partial charge in [0.2, 0.25) is 0 Å². The van der Waals surface area contributed by atoms with E-state index >= 15 is 0 Å². The molecule has 2 rings (SSSR count). The molecule has 0 heterocycles. The zero-order valence-electron chi connectivity index (χ0n) is 11.1. The fourth-order valence-electron chi connectivity index (χ4n) is 1.94.